The van der Waals surface area contributed by atoms with Crippen molar-refractivity contribution in [3.05, 3.63) is 83.4 Å². The second-order valence-electron chi connectivity index (χ2n) is 7.64. The number of benzene rings is 3. The molecular weight excluding hydrogens is 461 g/mol. The summed E-state index contributed by atoms with van der Waals surface area (Å²) in [5.74, 6) is 2.67. The first-order valence-electron chi connectivity index (χ1n) is 10.6. The second-order valence-corrected chi connectivity index (χ2v) is 10.1. The lowest BCUT2D eigenvalue weighted by Crippen LogP contribution is -2.48. The van der Waals surface area contributed by atoms with E-state index in [9.17, 15) is 4.57 Å². The van der Waals surface area contributed by atoms with E-state index in [0.717, 1.165) is 17.1 Å². The summed E-state index contributed by atoms with van der Waals surface area (Å²) in [4.78, 5) is 7.08. The van der Waals surface area contributed by atoms with Crippen molar-refractivity contribution in [3.8, 4) is 17.2 Å². The summed E-state index contributed by atoms with van der Waals surface area (Å²) in [6, 6.07) is 22.3. The number of hydrogen-bond acceptors (Lipinski definition) is 6. The van der Waals surface area contributed by atoms with Crippen LogP contribution >= 0.6 is 19.3 Å². The van der Waals surface area contributed by atoms with E-state index in [0.29, 0.717) is 48.5 Å². The molecule has 3 aromatic rings. The van der Waals surface area contributed by atoms with Gasteiger partial charge in [0.15, 0.2) is 5.75 Å². The quantitative estimate of drug-likeness (QED) is 0.426. The third kappa shape index (κ3) is 4.50. The second kappa shape index (κ2) is 9.20. The molecule has 0 radical (unpaired) electrons. The van der Waals surface area contributed by atoms with Gasteiger partial charge in [-0.3, -0.25) is 4.52 Å². The van der Waals surface area contributed by atoms with E-state index < -0.39 is 7.75 Å². The summed E-state index contributed by atoms with van der Waals surface area (Å²) in [5, 5.41) is 0.606. The number of amidine groups is 1. The van der Waals surface area contributed by atoms with E-state index in [1.165, 1.54) is 7.11 Å². The SMILES string of the molecule is COP(=O)(Oc1ccccc1)N1CCN(C2=Nc3ccccc3Oc3ccc(Cl)cc32)CC1. The molecule has 7 nitrogen and oxygen atoms in total. The zero-order chi connectivity index (χ0) is 22.8. The van der Waals surface area contributed by atoms with Gasteiger partial charge in [0.05, 0.1) is 5.56 Å². The van der Waals surface area contributed by atoms with Crippen molar-refractivity contribution in [2.45, 2.75) is 0 Å². The van der Waals surface area contributed by atoms with Crippen molar-refractivity contribution in [1.29, 1.82) is 0 Å². The van der Waals surface area contributed by atoms with Gasteiger partial charge in [-0.1, -0.05) is 41.9 Å². The molecule has 2 aliphatic rings. The lowest BCUT2D eigenvalue weighted by molar-refractivity contribution is 0.197. The minimum absolute atomic E-state index is 0.482. The van der Waals surface area contributed by atoms with E-state index in [4.69, 9.17) is 30.4 Å². The van der Waals surface area contributed by atoms with Gasteiger partial charge in [0.2, 0.25) is 0 Å². The number of ether oxygens (including phenoxy) is 1. The van der Waals surface area contributed by atoms with Crippen molar-refractivity contribution >= 4 is 30.9 Å². The highest BCUT2D eigenvalue weighted by molar-refractivity contribution is 7.51. The molecule has 0 spiro atoms. The fourth-order valence-corrected chi connectivity index (χ4v) is 5.56. The smallest absolute Gasteiger partial charge is 0.454 e. The highest BCUT2D eigenvalue weighted by Gasteiger charge is 2.38. The Kier molecular flexibility index (Phi) is 6.13. The summed E-state index contributed by atoms with van der Waals surface area (Å²) in [5.41, 5.74) is 1.57. The number of fused-ring (bicyclic) bond motifs is 2. The maximum Gasteiger partial charge on any atom is 0.461 e. The van der Waals surface area contributed by atoms with Gasteiger partial charge in [-0.15, -0.1) is 0 Å². The Balaban J connectivity index is 1.41. The first-order chi connectivity index (χ1) is 16.1. The highest BCUT2D eigenvalue weighted by Crippen LogP contribution is 2.51. The first kappa shape index (κ1) is 22.0. The molecule has 0 aromatic heterocycles. The maximum absolute atomic E-state index is 13.4. The summed E-state index contributed by atoms with van der Waals surface area (Å²) in [6.07, 6.45) is 0. The predicted octanol–water partition coefficient (Wildman–Crippen LogP) is 5.98. The molecular formula is C24H23ClN3O4P. The van der Waals surface area contributed by atoms with Gasteiger partial charge >= 0.3 is 7.75 Å². The van der Waals surface area contributed by atoms with E-state index >= 15 is 0 Å². The van der Waals surface area contributed by atoms with Gasteiger partial charge in [0, 0.05) is 38.3 Å². The lowest BCUT2D eigenvalue weighted by atomic mass is 10.1. The zero-order valence-electron chi connectivity index (χ0n) is 18.1. The van der Waals surface area contributed by atoms with Gasteiger partial charge in [-0.25, -0.2) is 9.56 Å². The Bertz CT molecular complexity index is 1230. The number of para-hydroxylation sites is 3. The molecule has 1 fully saturated rings. The Morgan fingerprint density at radius 2 is 1.67 bits per heavy atom. The summed E-state index contributed by atoms with van der Waals surface area (Å²) in [7, 11) is -2.06. The van der Waals surface area contributed by atoms with Gasteiger partial charge in [-0.05, 0) is 42.5 Å². The van der Waals surface area contributed by atoms with Crippen LogP contribution < -0.4 is 9.26 Å². The van der Waals surface area contributed by atoms with Crippen molar-refractivity contribution in [1.82, 2.24) is 9.57 Å². The molecule has 0 saturated carbocycles. The fraction of sp³-hybridized carbons (Fsp3) is 0.208. The van der Waals surface area contributed by atoms with Crippen LogP contribution in [0.5, 0.6) is 17.2 Å². The van der Waals surface area contributed by atoms with Crippen molar-refractivity contribution in [2.75, 3.05) is 33.3 Å². The molecule has 2 heterocycles. The van der Waals surface area contributed by atoms with Crippen LogP contribution in [0.3, 0.4) is 0 Å². The van der Waals surface area contributed by atoms with Crippen LogP contribution in [0, 0.1) is 0 Å². The van der Waals surface area contributed by atoms with Crippen molar-refractivity contribution < 1.29 is 18.3 Å². The number of halogens is 1. The Morgan fingerprint density at radius 3 is 2.42 bits per heavy atom. The number of rotatable bonds is 4. The minimum atomic E-state index is -3.48. The topological polar surface area (TPSA) is 63.6 Å². The maximum atomic E-state index is 13.4. The van der Waals surface area contributed by atoms with Gasteiger partial charge in [0.1, 0.15) is 23.0 Å². The highest BCUT2D eigenvalue weighted by atomic mass is 35.5. The number of aliphatic imine (C=N–C) groups is 1. The number of hydrogen-bond donors (Lipinski definition) is 0. The summed E-state index contributed by atoms with van der Waals surface area (Å²) >= 11 is 6.32. The van der Waals surface area contributed by atoms with Gasteiger partial charge < -0.3 is 14.2 Å². The molecule has 3 aromatic carbocycles. The molecule has 5 rings (SSSR count). The van der Waals surface area contributed by atoms with Crippen LogP contribution in [0.4, 0.5) is 5.69 Å². The molecule has 0 aliphatic carbocycles. The number of piperazine rings is 1. The molecule has 9 heteroatoms. The summed E-state index contributed by atoms with van der Waals surface area (Å²) < 4.78 is 32.5. The normalized spacial score (nSPS) is 17.6. The van der Waals surface area contributed by atoms with Crippen LogP contribution in [-0.4, -0.2) is 48.7 Å². The van der Waals surface area contributed by atoms with Crippen molar-refractivity contribution in [2.24, 2.45) is 4.99 Å². The van der Waals surface area contributed by atoms with E-state index in [1.54, 1.807) is 22.9 Å². The molecule has 33 heavy (non-hydrogen) atoms. The standard InChI is InChI=1S/C24H23ClN3O4P/c1-30-33(29,32-19-7-3-2-4-8-19)28-15-13-27(14-16-28)24-20-17-18(25)11-12-22(20)31-23-10-6-5-9-21(23)26-24/h2-12,17H,13-16H2,1H3. The Morgan fingerprint density at radius 1 is 0.939 bits per heavy atom. The first-order valence-corrected chi connectivity index (χ1v) is 12.5. The van der Waals surface area contributed by atoms with Crippen LogP contribution in [0.15, 0.2) is 77.8 Å². The predicted molar refractivity (Wildman–Crippen MR) is 129 cm³/mol. The van der Waals surface area contributed by atoms with Crippen LogP contribution in [-0.2, 0) is 9.09 Å². The van der Waals surface area contributed by atoms with Crippen LogP contribution in [0.1, 0.15) is 5.56 Å². The van der Waals surface area contributed by atoms with Gasteiger partial charge in [-0.2, -0.15) is 4.67 Å². The lowest BCUT2D eigenvalue weighted by Gasteiger charge is -2.38. The Labute approximate surface area is 197 Å². The molecule has 0 amide bonds. The fourth-order valence-electron chi connectivity index (χ4n) is 3.91. The van der Waals surface area contributed by atoms with E-state index in [2.05, 4.69) is 4.90 Å². The molecule has 1 atom stereocenters. The monoisotopic (exact) mass is 483 g/mol. The van der Waals surface area contributed by atoms with E-state index in [1.807, 2.05) is 54.6 Å². The molecule has 170 valence electrons. The van der Waals surface area contributed by atoms with E-state index in [-0.39, 0.29) is 0 Å². The molecule has 2 aliphatic heterocycles. The summed E-state index contributed by atoms with van der Waals surface area (Å²) in [6.45, 7) is 2.13. The molecule has 0 N–H and O–H groups in total. The van der Waals surface area contributed by atoms with Crippen LogP contribution in [0.2, 0.25) is 5.02 Å². The largest absolute Gasteiger partial charge is 0.461 e. The molecule has 1 saturated heterocycles. The van der Waals surface area contributed by atoms with Crippen LogP contribution in [0.25, 0.3) is 0 Å². The third-order valence-corrected chi connectivity index (χ3v) is 7.82. The molecule has 0 bridgehead atoms. The molecule has 1 unspecified atom stereocenters. The minimum Gasteiger partial charge on any atom is -0.454 e. The Hall–Kier alpha value is -2.83. The average Bonchev–Trinajstić information content (AvgIpc) is 3.01. The van der Waals surface area contributed by atoms with Gasteiger partial charge in [0.25, 0.3) is 0 Å². The van der Waals surface area contributed by atoms with Crippen molar-refractivity contribution in [3.63, 3.8) is 0 Å². The number of nitrogens with zero attached hydrogens (tertiary/aromatic N) is 3. The zero-order valence-corrected chi connectivity index (χ0v) is 19.7. The average molecular weight is 484 g/mol. The third-order valence-electron chi connectivity index (χ3n) is 5.59.